The third-order valence-electron chi connectivity index (χ3n) is 1.15. The molecule has 10 heavy (non-hydrogen) atoms. The smallest absolute Gasteiger partial charge is 0.113 e. The van der Waals surface area contributed by atoms with E-state index in [0.29, 0.717) is 5.76 Å². The number of aliphatic hydroxyl groups is 1. The van der Waals surface area contributed by atoms with Crippen molar-refractivity contribution in [1.29, 1.82) is 0 Å². The number of allylic oxidation sites excluding steroid dienone is 1. The predicted octanol–water partition coefficient (Wildman–Crippen LogP) is 1.99. The van der Waals surface area contributed by atoms with E-state index >= 15 is 0 Å². The zero-order valence-corrected chi connectivity index (χ0v) is 7.47. The largest absolute Gasteiger partial charge is 0.510 e. The molecule has 0 saturated carbocycles. The van der Waals surface area contributed by atoms with Crippen LogP contribution in [0.1, 0.15) is 20.8 Å². The maximum absolute atomic E-state index is 9.38. The van der Waals surface area contributed by atoms with Gasteiger partial charge in [0.05, 0.1) is 0 Å². The van der Waals surface area contributed by atoms with Crippen molar-refractivity contribution in [2.75, 3.05) is 14.1 Å². The lowest BCUT2D eigenvalue weighted by Gasteiger charge is -2.18. The normalized spacial score (nSPS) is 13.5. The molecule has 0 aromatic carbocycles. The lowest BCUT2D eigenvalue weighted by molar-refractivity contribution is 0.265. The van der Waals surface area contributed by atoms with Crippen LogP contribution in [-0.4, -0.2) is 24.1 Å². The lowest BCUT2D eigenvalue weighted by Crippen LogP contribution is -2.13. The van der Waals surface area contributed by atoms with E-state index in [1.807, 2.05) is 39.8 Å². The minimum absolute atomic E-state index is 0.135. The van der Waals surface area contributed by atoms with Gasteiger partial charge in [0, 0.05) is 25.7 Å². The Hall–Kier alpha value is -0.660. The molecule has 0 heterocycles. The third kappa shape index (κ3) is 3.38. The molecule has 0 radical (unpaired) electrons. The molecular weight excluding hydrogens is 126 g/mol. The molecule has 0 unspecified atom stereocenters. The van der Waals surface area contributed by atoms with Gasteiger partial charge in [-0.15, -0.1) is 0 Å². The highest BCUT2D eigenvalue weighted by atomic mass is 16.3. The molecule has 0 spiro atoms. The summed E-state index contributed by atoms with van der Waals surface area (Å²) in [5, 5.41) is 9.38. The van der Waals surface area contributed by atoms with Gasteiger partial charge in [0.25, 0.3) is 0 Å². The van der Waals surface area contributed by atoms with E-state index in [1.54, 1.807) is 6.20 Å². The topological polar surface area (TPSA) is 23.5 Å². The Morgan fingerprint density at radius 3 is 1.80 bits per heavy atom. The number of nitrogens with zero attached hydrogens (tertiary/aromatic N) is 1. The number of aliphatic hydroxyl groups excluding tert-OH is 1. The molecule has 2 heteroatoms. The van der Waals surface area contributed by atoms with Crippen LogP contribution in [0, 0.1) is 5.41 Å². The second-order valence-corrected chi connectivity index (χ2v) is 3.73. The molecule has 0 aliphatic rings. The summed E-state index contributed by atoms with van der Waals surface area (Å²) in [5.41, 5.74) is -0.135. The minimum Gasteiger partial charge on any atom is -0.510 e. The Labute approximate surface area is 63.2 Å². The monoisotopic (exact) mass is 143 g/mol. The molecule has 0 fully saturated rings. The molecular formula is C8H17NO. The number of hydrogen-bond donors (Lipinski definition) is 1. The van der Waals surface area contributed by atoms with E-state index in [-0.39, 0.29) is 5.41 Å². The summed E-state index contributed by atoms with van der Waals surface area (Å²) in [6.45, 7) is 5.92. The molecule has 0 amide bonds. The first-order chi connectivity index (χ1) is 4.34. The van der Waals surface area contributed by atoms with Gasteiger partial charge in [0.1, 0.15) is 5.76 Å². The van der Waals surface area contributed by atoms with Crippen molar-refractivity contribution in [2.24, 2.45) is 5.41 Å². The number of rotatable bonds is 1. The molecule has 60 valence electrons. The van der Waals surface area contributed by atoms with Crippen LogP contribution in [0.2, 0.25) is 0 Å². The van der Waals surface area contributed by atoms with Crippen LogP contribution in [-0.2, 0) is 0 Å². The zero-order chi connectivity index (χ0) is 8.36. The fourth-order valence-corrected chi connectivity index (χ4v) is 0.438. The van der Waals surface area contributed by atoms with Crippen LogP contribution in [0.25, 0.3) is 0 Å². The Kier molecular flexibility index (Phi) is 2.76. The molecule has 0 rings (SSSR count). The summed E-state index contributed by atoms with van der Waals surface area (Å²) in [7, 11) is 3.78. The summed E-state index contributed by atoms with van der Waals surface area (Å²) < 4.78 is 0. The van der Waals surface area contributed by atoms with Crippen molar-refractivity contribution < 1.29 is 5.11 Å². The Bertz CT molecular complexity index is 131. The van der Waals surface area contributed by atoms with Crippen molar-refractivity contribution in [3.8, 4) is 0 Å². The van der Waals surface area contributed by atoms with Crippen LogP contribution in [0.4, 0.5) is 0 Å². The van der Waals surface area contributed by atoms with Gasteiger partial charge in [-0.2, -0.15) is 0 Å². The fraction of sp³-hybridized carbons (Fsp3) is 0.750. The molecule has 0 aromatic heterocycles. The standard InChI is InChI=1S/C8H17NO/c1-8(2,3)7(10)6-9(4)5/h6,10H,1-5H3/b7-6-. The highest BCUT2D eigenvalue weighted by Crippen LogP contribution is 2.22. The van der Waals surface area contributed by atoms with Gasteiger partial charge in [0.2, 0.25) is 0 Å². The molecule has 0 aliphatic heterocycles. The Morgan fingerprint density at radius 2 is 1.70 bits per heavy atom. The molecule has 0 atom stereocenters. The van der Waals surface area contributed by atoms with Gasteiger partial charge < -0.3 is 10.0 Å². The van der Waals surface area contributed by atoms with Crippen LogP contribution >= 0.6 is 0 Å². The summed E-state index contributed by atoms with van der Waals surface area (Å²) in [6, 6.07) is 0. The van der Waals surface area contributed by atoms with Gasteiger partial charge in [-0.25, -0.2) is 0 Å². The second kappa shape index (κ2) is 2.95. The summed E-state index contributed by atoms with van der Waals surface area (Å²) in [6.07, 6.45) is 1.72. The van der Waals surface area contributed by atoms with Crippen molar-refractivity contribution in [1.82, 2.24) is 4.90 Å². The van der Waals surface area contributed by atoms with Crippen molar-refractivity contribution in [3.63, 3.8) is 0 Å². The minimum atomic E-state index is -0.135. The average molecular weight is 143 g/mol. The maximum atomic E-state index is 9.38. The first-order valence-corrected chi connectivity index (χ1v) is 3.41. The third-order valence-corrected chi connectivity index (χ3v) is 1.15. The molecule has 0 aliphatic carbocycles. The zero-order valence-electron chi connectivity index (χ0n) is 7.47. The maximum Gasteiger partial charge on any atom is 0.113 e. The van der Waals surface area contributed by atoms with E-state index in [1.165, 1.54) is 0 Å². The predicted molar refractivity (Wildman–Crippen MR) is 43.9 cm³/mol. The highest BCUT2D eigenvalue weighted by Gasteiger charge is 2.15. The van der Waals surface area contributed by atoms with Gasteiger partial charge in [-0.3, -0.25) is 0 Å². The molecule has 0 aromatic rings. The van der Waals surface area contributed by atoms with Gasteiger partial charge in [-0.05, 0) is 0 Å². The van der Waals surface area contributed by atoms with E-state index in [0.717, 1.165) is 0 Å². The van der Waals surface area contributed by atoms with E-state index in [2.05, 4.69) is 0 Å². The first-order valence-electron chi connectivity index (χ1n) is 3.41. The molecule has 2 nitrogen and oxygen atoms in total. The summed E-state index contributed by atoms with van der Waals surface area (Å²) >= 11 is 0. The van der Waals surface area contributed by atoms with Gasteiger partial charge >= 0.3 is 0 Å². The van der Waals surface area contributed by atoms with Crippen molar-refractivity contribution >= 4 is 0 Å². The lowest BCUT2D eigenvalue weighted by atomic mass is 9.94. The molecule has 1 N–H and O–H groups in total. The van der Waals surface area contributed by atoms with Crippen LogP contribution < -0.4 is 0 Å². The molecule has 0 saturated heterocycles. The Balaban J connectivity index is 4.20. The summed E-state index contributed by atoms with van der Waals surface area (Å²) in [4.78, 5) is 1.83. The second-order valence-electron chi connectivity index (χ2n) is 3.73. The highest BCUT2D eigenvalue weighted by molar-refractivity contribution is 4.99. The van der Waals surface area contributed by atoms with Crippen molar-refractivity contribution in [2.45, 2.75) is 20.8 Å². The van der Waals surface area contributed by atoms with Crippen molar-refractivity contribution in [3.05, 3.63) is 12.0 Å². The number of hydrogen-bond acceptors (Lipinski definition) is 2. The van der Waals surface area contributed by atoms with Crippen LogP contribution in [0.5, 0.6) is 0 Å². The fourth-order valence-electron chi connectivity index (χ4n) is 0.438. The average Bonchev–Trinajstić information content (AvgIpc) is 1.60. The van der Waals surface area contributed by atoms with E-state index in [9.17, 15) is 5.11 Å². The SMILES string of the molecule is CN(C)/C=C(\O)C(C)(C)C. The Morgan fingerprint density at radius 1 is 1.30 bits per heavy atom. The molecule has 0 bridgehead atoms. The first kappa shape index (κ1) is 9.34. The van der Waals surface area contributed by atoms with E-state index in [4.69, 9.17) is 0 Å². The van der Waals surface area contributed by atoms with E-state index < -0.39 is 0 Å². The quantitative estimate of drug-likeness (QED) is 0.567. The van der Waals surface area contributed by atoms with Crippen LogP contribution in [0.15, 0.2) is 12.0 Å². The van der Waals surface area contributed by atoms with Gasteiger partial charge in [0.15, 0.2) is 0 Å². The van der Waals surface area contributed by atoms with Gasteiger partial charge in [-0.1, -0.05) is 20.8 Å². The van der Waals surface area contributed by atoms with Crippen LogP contribution in [0.3, 0.4) is 0 Å². The summed E-state index contributed by atoms with van der Waals surface area (Å²) in [5.74, 6) is 0.414.